The number of benzene rings is 2. The predicted octanol–water partition coefficient (Wildman–Crippen LogP) is 5.36. The number of anilines is 1. The third kappa shape index (κ3) is 3.57. The van der Waals surface area contributed by atoms with E-state index in [1.54, 1.807) is 24.3 Å². The average Bonchev–Trinajstić information content (AvgIpc) is 3.52. The number of hydrogen-bond donors (Lipinski definition) is 1. The number of hydrogen-bond acceptors (Lipinski definition) is 4. The molecule has 0 aromatic heterocycles. The van der Waals surface area contributed by atoms with Crippen molar-refractivity contribution in [3.8, 4) is 0 Å². The van der Waals surface area contributed by atoms with Gasteiger partial charge in [0.15, 0.2) is 0 Å². The molecule has 3 amide bonds. The molecule has 7 rings (SSSR count). The van der Waals surface area contributed by atoms with E-state index < -0.39 is 0 Å². The second kappa shape index (κ2) is 9.26. The first kappa shape index (κ1) is 23.4. The zero-order valence-electron chi connectivity index (χ0n) is 21.5. The molecule has 6 heteroatoms. The number of carbonyl (C=O) groups is 3. The molecule has 5 aliphatic rings. The Morgan fingerprint density at radius 2 is 1.61 bits per heavy atom. The van der Waals surface area contributed by atoms with Crippen LogP contribution in [-0.2, 0) is 4.79 Å². The molecule has 194 valence electrons. The fourth-order valence-electron chi connectivity index (χ4n) is 7.73. The van der Waals surface area contributed by atoms with Crippen molar-refractivity contribution in [3.05, 3.63) is 89.5 Å². The number of carbonyl (C=O) groups excluding carboxylic acids is 3. The van der Waals surface area contributed by atoms with Crippen molar-refractivity contribution >= 4 is 23.4 Å². The zero-order chi connectivity index (χ0) is 25.8. The van der Waals surface area contributed by atoms with Gasteiger partial charge < -0.3 is 10.2 Å². The van der Waals surface area contributed by atoms with E-state index >= 15 is 0 Å². The highest BCUT2D eigenvalue weighted by molar-refractivity contribution is 6.21. The molecule has 6 nitrogen and oxygen atoms in total. The molecule has 3 aliphatic heterocycles. The van der Waals surface area contributed by atoms with Crippen molar-refractivity contribution in [3.63, 3.8) is 0 Å². The van der Waals surface area contributed by atoms with Crippen LogP contribution in [-0.4, -0.2) is 46.1 Å². The first-order valence-electron chi connectivity index (χ1n) is 14.1. The number of fused-ring (bicyclic) bond motifs is 4. The van der Waals surface area contributed by atoms with Crippen molar-refractivity contribution in [1.82, 2.24) is 9.80 Å². The zero-order valence-corrected chi connectivity index (χ0v) is 21.5. The molecule has 1 N–H and O–H groups in total. The van der Waals surface area contributed by atoms with Crippen molar-refractivity contribution in [2.45, 2.75) is 56.7 Å². The molecular weight excluding hydrogens is 474 g/mol. The van der Waals surface area contributed by atoms with Crippen molar-refractivity contribution in [2.75, 3.05) is 11.9 Å². The molecule has 0 bridgehead atoms. The maximum absolute atomic E-state index is 14.4. The molecule has 2 aromatic rings. The van der Waals surface area contributed by atoms with Crippen LogP contribution in [0.15, 0.2) is 72.8 Å². The minimum absolute atomic E-state index is 0.00834. The van der Waals surface area contributed by atoms with Crippen LogP contribution in [0.2, 0.25) is 0 Å². The summed E-state index contributed by atoms with van der Waals surface area (Å²) in [6.45, 7) is 0.707. The summed E-state index contributed by atoms with van der Waals surface area (Å²) in [5.41, 5.74) is 3.21. The highest BCUT2D eigenvalue weighted by Gasteiger charge is 2.51. The van der Waals surface area contributed by atoms with Crippen LogP contribution >= 0.6 is 0 Å². The second-order valence-corrected chi connectivity index (χ2v) is 11.4. The van der Waals surface area contributed by atoms with Gasteiger partial charge >= 0.3 is 0 Å². The molecule has 0 spiro atoms. The van der Waals surface area contributed by atoms with Gasteiger partial charge in [-0.1, -0.05) is 67.5 Å². The maximum Gasteiger partial charge on any atom is 0.261 e. The monoisotopic (exact) mass is 507 g/mol. The van der Waals surface area contributed by atoms with E-state index in [2.05, 4.69) is 58.8 Å². The van der Waals surface area contributed by atoms with Crippen LogP contribution in [0, 0.1) is 17.8 Å². The van der Waals surface area contributed by atoms with Gasteiger partial charge in [-0.2, -0.15) is 0 Å². The summed E-state index contributed by atoms with van der Waals surface area (Å²) in [6.07, 6.45) is 14.0. The van der Waals surface area contributed by atoms with Gasteiger partial charge in [-0.3, -0.25) is 19.3 Å². The number of nitrogens with zero attached hydrogens (tertiary/aromatic N) is 2. The van der Waals surface area contributed by atoms with Crippen LogP contribution < -0.4 is 5.32 Å². The van der Waals surface area contributed by atoms with Crippen LogP contribution in [0.3, 0.4) is 0 Å². The summed E-state index contributed by atoms with van der Waals surface area (Å²) in [6, 6.07) is 15.3. The van der Waals surface area contributed by atoms with Gasteiger partial charge in [0.25, 0.3) is 11.8 Å². The minimum atomic E-state index is -0.387. The van der Waals surface area contributed by atoms with Gasteiger partial charge in [0, 0.05) is 30.1 Å². The fourth-order valence-corrected chi connectivity index (χ4v) is 7.73. The van der Waals surface area contributed by atoms with Crippen molar-refractivity contribution in [2.24, 2.45) is 17.8 Å². The van der Waals surface area contributed by atoms with E-state index in [9.17, 15) is 14.4 Å². The molecule has 1 unspecified atom stereocenters. The Morgan fingerprint density at radius 1 is 0.868 bits per heavy atom. The highest BCUT2D eigenvalue weighted by Crippen LogP contribution is 2.50. The summed E-state index contributed by atoms with van der Waals surface area (Å²) in [7, 11) is 0. The van der Waals surface area contributed by atoms with Gasteiger partial charge in [0.2, 0.25) is 5.91 Å². The lowest BCUT2D eigenvalue weighted by Crippen LogP contribution is -2.52. The van der Waals surface area contributed by atoms with Crippen LogP contribution in [0.1, 0.15) is 70.8 Å². The molecule has 38 heavy (non-hydrogen) atoms. The number of likely N-dealkylation sites (tertiary alicyclic amines) is 1. The fraction of sp³-hybridized carbons (Fsp3) is 0.406. The van der Waals surface area contributed by atoms with E-state index in [-0.39, 0.29) is 41.8 Å². The highest BCUT2D eigenvalue weighted by atomic mass is 16.2. The number of nitrogens with one attached hydrogen (secondary N) is 1. The Hall–Kier alpha value is -3.67. The van der Waals surface area contributed by atoms with Crippen LogP contribution in [0.5, 0.6) is 0 Å². The molecular formula is C32H33N3O3. The topological polar surface area (TPSA) is 69.7 Å². The number of amides is 3. The van der Waals surface area contributed by atoms with Gasteiger partial charge in [-0.25, -0.2) is 0 Å². The third-order valence-electron chi connectivity index (χ3n) is 9.47. The van der Waals surface area contributed by atoms with Gasteiger partial charge in [0.1, 0.15) is 0 Å². The Labute approximate surface area is 223 Å². The second-order valence-electron chi connectivity index (χ2n) is 11.4. The Morgan fingerprint density at radius 3 is 2.37 bits per heavy atom. The Bertz CT molecular complexity index is 1330. The molecule has 2 fully saturated rings. The smallest absolute Gasteiger partial charge is 0.261 e. The normalized spacial score (nSPS) is 31.6. The number of allylic oxidation sites excluding steroid dienone is 3. The Kier molecular flexibility index (Phi) is 5.71. The lowest BCUT2D eigenvalue weighted by atomic mass is 9.75. The van der Waals surface area contributed by atoms with Crippen LogP contribution in [0.4, 0.5) is 5.69 Å². The summed E-state index contributed by atoms with van der Waals surface area (Å²) in [5, 5.41) is 3.83. The number of imide groups is 1. The van der Waals surface area contributed by atoms with Crippen molar-refractivity contribution in [1.29, 1.82) is 0 Å². The van der Waals surface area contributed by atoms with Gasteiger partial charge in [-0.15, -0.1) is 0 Å². The van der Waals surface area contributed by atoms with E-state index in [1.165, 1.54) is 10.5 Å². The maximum atomic E-state index is 14.4. The lowest BCUT2D eigenvalue weighted by Gasteiger charge is -2.44. The van der Waals surface area contributed by atoms with Crippen LogP contribution in [0.25, 0.3) is 0 Å². The molecule has 3 heterocycles. The average molecular weight is 508 g/mol. The van der Waals surface area contributed by atoms with Gasteiger partial charge in [0.05, 0.1) is 29.1 Å². The number of rotatable bonds is 3. The minimum Gasteiger partial charge on any atom is -0.381 e. The molecule has 2 aliphatic carbocycles. The molecule has 2 aromatic carbocycles. The number of para-hydroxylation sites is 1. The predicted molar refractivity (Wildman–Crippen MR) is 145 cm³/mol. The van der Waals surface area contributed by atoms with E-state index in [1.807, 2.05) is 0 Å². The quantitative estimate of drug-likeness (QED) is 0.568. The van der Waals surface area contributed by atoms with E-state index in [0.29, 0.717) is 42.3 Å². The largest absolute Gasteiger partial charge is 0.381 e. The first-order valence-corrected chi connectivity index (χ1v) is 14.1. The van der Waals surface area contributed by atoms with Crippen molar-refractivity contribution < 1.29 is 14.4 Å². The molecule has 1 saturated carbocycles. The summed E-state index contributed by atoms with van der Waals surface area (Å²) in [4.78, 5) is 44.7. The Balaban J connectivity index is 1.21. The van der Waals surface area contributed by atoms with E-state index in [4.69, 9.17) is 0 Å². The summed E-state index contributed by atoms with van der Waals surface area (Å²) < 4.78 is 0. The lowest BCUT2D eigenvalue weighted by molar-refractivity contribution is -0.139. The van der Waals surface area contributed by atoms with Gasteiger partial charge in [-0.05, 0) is 49.4 Å². The molecule has 6 atom stereocenters. The molecule has 0 radical (unpaired) electrons. The van der Waals surface area contributed by atoms with E-state index in [0.717, 1.165) is 31.4 Å². The molecule has 1 saturated heterocycles. The third-order valence-corrected chi connectivity index (χ3v) is 9.47. The SMILES string of the molecule is O=C([C@H]1CCCC[C@H]1N1C(=O)c2ccccc2C1=O)N1CC[C@@H]2[C@H](C3C=CC=CC3)Nc3ccccc3[C@@H]21. The summed E-state index contributed by atoms with van der Waals surface area (Å²) >= 11 is 0. The first-order chi connectivity index (χ1) is 18.6. The standard InChI is InChI=1S/C32H33N3O3/c36-30(24-15-7-9-17-27(24)35-31(37)21-12-4-5-13-22(21)32(35)38)34-19-18-25-28(20-10-2-1-3-11-20)33-26-16-8-6-14-23(26)29(25)34/h1-6,8,10,12-14,16,20,24-25,27-29,33H,7,9,11,15,17-19H2/t20?,24-,25+,27+,28-,29-/m0/s1. The summed E-state index contributed by atoms with van der Waals surface area (Å²) in [5.74, 6) is -0.0536.